The van der Waals surface area contributed by atoms with Crippen LogP contribution in [0.1, 0.15) is 35.1 Å². The van der Waals surface area contributed by atoms with Crippen LogP contribution in [0.3, 0.4) is 0 Å². The number of aliphatic hydroxyl groups excluding tert-OH is 1. The summed E-state index contributed by atoms with van der Waals surface area (Å²) in [4.78, 5) is 0. The van der Waals surface area contributed by atoms with Crippen LogP contribution < -0.4 is 0 Å². The molecule has 2 heteroatoms. The van der Waals surface area contributed by atoms with E-state index in [4.69, 9.17) is 0 Å². The molecule has 1 N–H and O–H groups in total. The van der Waals surface area contributed by atoms with Crippen LogP contribution in [0, 0.1) is 17.7 Å². The summed E-state index contributed by atoms with van der Waals surface area (Å²) in [6, 6.07) is 14.8. The minimum Gasteiger partial charge on any atom is -0.388 e. The summed E-state index contributed by atoms with van der Waals surface area (Å²) < 4.78 is 13.0. The predicted octanol–water partition coefficient (Wildman–Crippen LogP) is 3.84. The van der Waals surface area contributed by atoms with Crippen molar-refractivity contribution in [3.8, 4) is 0 Å². The average molecular weight is 268 g/mol. The van der Waals surface area contributed by atoms with Gasteiger partial charge in [-0.15, -0.1) is 0 Å². The lowest BCUT2D eigenvalue weighted by molar-refractivity contribution is 0.145. The van der Waals surface area contributed by atoms with Gasteiger partial charge in [0.15, 0.2) is 0 Å². The topological polar surface area (TPSA) is 20.2 Å². The number of rotatable bonds is 2. The van der Waals surface area contributed by atoms with E-state index < -0.39 is 6.10 Å². The summed E-state index contributed by atoms with van der Waals surface area (Å²) in [5, 5.41) is 10.6. The lowest BCUT2D eigenvalue weighted by Crippen LogP contribution is -2.02. The Bertz CT molecular complexity index is 634. The Morgan fingerprint density at radius 1 is 1.05 bits per heavy atom. The van der Waals surface area contributed by atoms with Gasteiger partial charge in [0.25, 0.3) is 0 Å². The summed E-state index contributed by atoms with van der Waals surface area (Å²) >= 11 is 0. The molecule has 2 aliphatic carbocycles. The fourth-order valence-electron chi connectivity index (χ4n) is 3.93. The molecule has 20 heavy (non-hydrogen) atoms. The van der Waals surface area contributed by atoms with Crippen molar-refractivity contribution in [3.05, 3.63) is 71.0 Å². The van der Waals surface area contributed by atoms with Gasteiger partial charge in [0, 0.05) is 0 Å². The standard InChI is InChI=1S/C18H17FO/c19-13-8-5-12(6-9-13)18(20)17-15-10-7-11-3-1-2-4-14(11)16(15)17/h1-6,8-9,15-18,20H,7,10H2. The molecule has 1 fully saturated rings. The van der Waals surface area contributed by atoms with Gasteiger partial charge < -0.3 is 5.11 Å². The Balaban J connectivity index is 1.62. The maximum atomic E-state index is 13.0. The minimum absolute atomic E-state index is 0.250. The SMILES string of the molecule is OC(c1ccc(F)cc1)C1C2CCc3ccccc3C21. The van der Waals surface area contributed by atoms with E-state index in [0.717, 1.165) is 18.4 Å². The highest BCUT2D eigenvalue weighted by Gasteiger charge is 2.56. The molecular weight excluding hydrogens is 251 g/mol. The molecule has 0 spiro atoms. The molecule has 2 aliphatic rings. The maximum absolute atomic E-state index is 13.0. The Hall–Kier alpha value is -1.67. The second-order valence-electron chi connectivity index (χ2n) is 6.00. The molecule has 0 radical (unpaired) electrons. The Morgan fingerprint density at radius 3 is 2.60 bits per heavy atom. The van der Waals surface area contributed by atoms with Crippen LogP contribution in [-0.4, -0.2) is 5.11 Å². The highest BCUT2D eigenvalue weighted by Crippen LogP contribution is 2.64. The molecule has 0 bridgehead atoms. The molecule has 0 amide bonds. The summed E-state index contributed by atoms with van der Waals surface area (Å²) in [6.45, 7) is 0. The van der Waals surface area contributed by atoms with E-state index in [9.17, 15) is 9.50 Å². The van der Waals surface area contributed by atoms with Gasteiger partial charge in [-0.3, -0.25) is 0 Å². The Labute approximate surface area is 118 Å². The average Bonchev–Trinajstić information content (AvgIpc) is 3.22. The van der Waals surface area contributed by atoms with E-state index in [-0.39, 0.29) is 5.82 Å². The van der Waals surface area contributed by atoms with Gasteiger partial charge in [0.1, 0.15) is 5.82 Å². The molecule has 0 aromatic heterocycles. The lowest BCUT2D eigenvalue weighted by atomic mass is 9.92. The van der Waals surface area contributed by atoms with E-state index >= 15 is 0 Å². The van der Waals surface area contributed by atoms with Crippen molar-refractivity contribution in [1.29, 1.82) is 0 Å². The third-order valence-electron chi connectivity index (χ3n) is 4.97. The van der Waals surface area contributed by atoms with Crippen molar-refractivity contribution >= 4 is 0 Å². The van der Waals surface area contributed by atoms with Gasteiger partial charge in [-0.25, -0.2) is 4.39 Å². The van der Waals surface area contributed by atoms with Crippen molar-refractivity contribution in [2.45, 2.75) is 24.9 Å². The van der Waals surface area contributed by atoms with E-state index in [0.29, 0.717) is 17.8 Å². The zero-order valence-electron chi connectivity index (χ0n) is 11.2. The molecule has 0 aliphatic heterocycles. The van der Waals surface area contributed by atoms with Crippen molar-refractivity contribution in [2.75, 3.05) is 0 Å². The quantitative estimate of drug-likeness (QED) is 0.877. The first-order valence-corrected chi connectivity index (χ1v) is 7.27. The molecule has 0 heterocycles. The fraction of sp³-hybridized carbons (Fsp3) is 0.333. The van der Waals surface area contributed by atoms with E-state index in [1.165, 1.54) is 23.3 Å². The smallest absolute Gasteiger partial charge is 0.123 e. The number of fused-ring (bicyclic) bond motifs is 3. The fourth-order valence-corrected chi connectivity index (χ4v) is 3.93. The van der Waals surface area contributed by atoms with Crippen molar-refractivity contribution in [1.82, 2.24) is 0 Å². The highest BCUT2D eigenvalue weighted by atomic mass is 19.1. The van der Waals surface area contributed by atoms with Crippen LogP contribution in [-0.2, 0) is 6.42 Å². The largest absolute Gasteiger partial charge is 0.388 e. The molecule has 4 atom stereocenters. The summed E-state index contributed by atoms with van der Waals surface area (Å²) in [7, 11) is 0. The molecule has 4 rings (SSSR count). The number of aryl methyl sites for hydroxylation is 1. The molecule has 4 unspecified atom stereocenters. The highest BCUT2D eigenvalue weighted by molar-refractivity contribution is 5.40. The van der Waals surface area contributed by atoms with E-state index in [1.54, 1.807) is 12.1 Å². The number of benzene rings is 2. The van der Waals surface area contributed by atoms with Crippen LogP contribution in [0.4, 0.5) is 4.39 Å². The molecule has 0 saturated heterocycles. The third kappa shape index (κ3) is 1.79. The number of hydrogen-bond donors (Lipinski definition) is 1. The van der Waals surface area contributed by atoms with Crippen molar-refractivity contribution < 1.29 is 9.50 Å². The Morgan fingerprint density at radius 2 is 1.80 bits per heavy atom. The summed E-state index contributed by atoms with van der Waals surface area (Å²) in [6.07, 6.45) is 1.80. The first-order valence-electron chi connectivity index (χ1n) is 7.27. The number of aliphatic hydroxyl groups is 1. The molecule has 1 nitrogen and oxygen atoms in total. The number of halogens is 1. The second kappa shape index (κ2) is 4.42. The predicted molar refractivity (Wildman–Crippen MR) is 75.8 cm³/mol. The Kier molecular flexibility index (Phi) is 2.67. The summed E-state index contributed by atoms with van der Waals surface area (Å²) in [5.74, 6) is 1.12. The lowest BCUT2D eigenvalue weighted by Gasteiger charge is -2.13. The van der Waals surface area contributed by atoms with Crippen LogP contribution in [0.15, 0.2) is 48.5 Å². The zero-order chi connectivity index (χ0) is 13.7. The molecule has 2 aromatic carbocycles. The van der Waals surface area contributed by atoms with E-state index in [1.807, 2.05) is 0 Å². The van der Waals surface area contributed by atoms with Gasteiger partial charge in [-0.1, -0.05) is 36.4 Å². The van der Waals surface area contributed by atoms with Gasteiger partial charge in [0.05, 0.1) is 6.10 Å². The monoisotopic (exact) mass is 268 g/mol. The third-order valence-corrected chi connectivity index (χ3v) is 4.97. The van der Waals surface area contributed by atoms with Crippen LogP contribution in [0.2, 0.25) is 0 Å². The maximum Gasteiger partial charge on any atom is 0.123 e. The summed E-state index contributed by atoms with van der Waals surface area (Å²) in [5.41, 5.74) is 3.68. The minimum atomic E-state index is -0.475. The van der Waals surface area contributed by atoms with Gasteiger partial charge in [-0.05, 0) is 59.4 Å². The number of hydrogen-bond acceptors (Lipinski definition) is 1. The molecular formula is C18H17FO. The van der Waals surface area contributed by atoms with Crippen LogP contribution in [0.5, 0.6) is 0 Å². The van der Waals surface area contributed by atoms with E-state index in [2.05, 4.69) is 24.3 Å². The first-order chi connectivity index (χ1) is 9.75. The van der Waals surface area contributed by atoms with Crippen LogP contribution in [0.25, 0.3) is 0 Å². The van der Waals surface area contributed by atoms with Gasteiger partial charge >= 0.3 is 0 Å². The molecule has 102 valence electrons. The van der Waals surface area contributed by atoms with Crippen molar-refractivity contribution in [2.24, 2.45) is 11.8 Å². The van der Waals surface area contributed by atoms with Gasteiger partial charge in [0.2, 0.25) is 0 Å². The molecule has 1 saturated carbocycles. The molecule has 2 aromatic rings. The normalized spacial score (nSPS) is 28.4. The first kappa shape index (κ1) is 12.1. The van der Waals surface area contributed by atoms with Crippen molar-refractivity contribution in [3.63, 3.8) is 0 Å². The van der Waals surface area contributed by atoms with Crippen LogP contribution >= 0.6 is 0 Å². The second-order valence-corrected chi connectivity index (χ2v) is 6.00. The van der Waals surface area contributed by atoms with Gasteiger partial charge in [-0.2, -0.15) is 0 Å². The zero-order valence-corrected chi connectivity index (χ0v) is 11.2.